The summed E-state index contributed by atoms with van der Waals surface area (Å²) in [6, 6.07) is 13.1. The Kier molecular flexibility index (Phi) is 5.72. The van der Waals surface area contributed by atoms with Crippen molar-refractivity contribution in [1.29, 1.82) is 0 Å². The monoisotopic (exact) mass is 510 g/mol. The number of hydrogen-bond acceptors (Lipinski definition) is 7. The molecule has 2 heterocycles. The fourth-order valence-electron chi connectivity index (χ4n) is 3.71. The van der Waals surface area contributed by atoms with E-state index in [1.807, 2.05) is 0 Å². The molecule has 182 valence electrons. The number of nitrogens with zero attached hydrogens (tertiary/aromatic N) is 3. The van der Waals surface area contributed by atoms with Crippen LogP contribution in [0.1, 0.15) is 0 Å². The normalized spacial score (nSPS) is 11.5. The average molecular weight is 510 g/mol. The van der Waals surface area contributed by atoms with Gasteiger partial charge >= 0.3 is 0 Å². The second kappa shape index (κ2) is 8.89. The number of nitrogens with one attached hydrogen (secondary N) is 1. The Labute approximate surface area is 202 Å². The van der Waals surface area contributed by atoms with E-state index in [9.17, 15) is 17.6 Å². The van der Waals surface area contributed by atoms with Crippen LogP contribution in [0.3, 0.4) is 0 Å². The molecule has 12 heteroatoms. The smallest absolute Gasteiger partial charge is 0.274 e. The van der Waals surface area contributed by atoms with Crippen molar-refractivity contribution in [2.24, 2.45) is 0 Å². The van der Waals surface area contributed by atoms with Crippen molar-refractivity contribution in [3.05, 3.63) is 95.1 Å². The molecule has 0 unspecified atom stereocenters. The average Bonchev–Trinajstić information content (AvgIpc) is 3.36. The van der Waals surface area contributed by atoms with E-state index in [4.69, 9.17) is 4.74 Å². The van der Waals surface area contributed by atoms with Crippen LogP contribution >= 0.6 is 0 Å². The summed E-state index contributed by atoms with van der Waals surface area (Å²) in [7, 11) is -2.67. The Balaban J connectivity index is 1.64. The van der Waals surface area contributed by atoms with Gasteiger partial charge in [-0.15, -0.1) is 0 Å². The minimum Gasteiger partial charge on any atom is -0.495 e. The SMILES string of the molecule is COc1cc(-c2ccc(F)cc2)c(F)cc1-n1c(=O)cnc2cc(S(=O)(=O)Nc3ccon3)ccc21. The van der Waals surface area contributed by atoms with E-state index in [1.165, 1.54) is 72.5 Å². The third kappa shape index (κ3) is 4.18. The molecule has 0 radical (unpaired) electrons. The molecular formula is C24H16F2N4O5S. The summed E-state index contributed by atoms with van der Waals surface area (Å²) in [4.78, 5) is 16.8. The van der Waals surface area contributed by atoms with Gasteiger partial charge in [0.2, 0.25) is 0 Å². The summed E-state index contributed by atoms with van der Waals surface area (Å²) in [5, 5.41) is 3.52. The maximum absolute atomic E-state index is 15.2. The predicted octanol–water partition coefficient (Wildman–Crippen LogP) is 4.13. The molecule has 0 aliphatic carbocycles. The van der Waals surface area contributed by atoms with Crippen molar-refractivity contribution in [3.63, 3.8) is 0 Å². The largest absolute Gasteiger partial charge is 0.495 e. The zero-order valence-electron chi connectivity index (χ0n) is 18.5. The second-order valence-electron chi connectivity index (χ2n) is 7.58. The number of rotatable bonds is 6. The molecule has 0 amide bonds. The first-order chi connectivity index (χ1) is 17.3. The summed E-state index contributed by atoms with van der Waals surface area (Å²) in [6.07, 6.45) is 2.21. The van der Waals surface area contributed by atoms with E-state index in [2.05, 4.69) is 19.4 Å². The van der Waals surface area contributed by atoms with Crippen molar-refractivity contribution < 1.29 is 26.5 Å². The fourth-order valence-corrected chi connectivity index (χ4v) is 4.72. The zero-order valence-corrected chi connectivity index (χ0v) is 19.3. The lowest BCUT2D eigenvalue weighted by atomic mass is 10.0. The molecule has 36 heavy (non-hydrogen) atoms. The van der Waals surface area contributed by atoms with E-state index in [0.29, 0.717) is 5.56 Å². The highest BCUT2D eigenvalue weighted by molar-refractivity contribution is 7.92. The number of sulfonamides is 1. The lowest BCUT2D eigenvalue weighted by Gasteiger charge is -2.16. The Bertz CT molecular complexity index is 1750. The van der Waals surface area contributed by atoms with Crippen LogP contribution in [0.4, 0.5) is 14.6 Å². The van der Waals surface area contributed by atoms with Crippen molar-refractivity contribution in [2.75, 3.05) is 11.8 Å². The first kappa shape index (κ1) is 23.2. The third-order valence-corrected chi connectivity index (χ3v) is 6.73. The molecule has 3 aromatic carbocycles. The molecule has 0 spiro atoms. The van der Waals surface area contributed by atoms with Crippen molar-refractivity contribution >= 4 is 26.9 Å². The van der Waals surface area contributed by atoms with Crippen molar-refractivity contribution in [3.8, 4) is 22.6 Å². The molecule has 0 atom stereocenters. The van der Waals surface area contributed by atoms with Gasteiger partial charge in [0.25, 0.3) is 15.6 Å². The summed E-state index contributed by atoms with van der Waals surface area (Å²) >= 11 is 0. The summed E-state index contributed by atoms with van der Waals surface area (Å²) in [5.74, 6) is -0.982. The van der Waals surface area contributed by atoms with Crippen LogP contribution in [0.15, 0.2) is 87.3 Å². The lowest BCUT2D eigenvalue weighted by molar-refractivity contribution is 0.412. The molecule has 0 saturated heterocycles. The summed E-state index contributed by atoms with van der Waals surface area (Å²) in [6.45, 7) is 0. The van der Waals surface area contributed by atoms with Gasteiger partial charge in [-0.25, -0.2) is 22.2 Å². The molecule has 5 rings (SSSR count). The number of benzene rings is 3. The molecule has 5 aromatic rings. The minimum absolute atomic E-state index is 0.00511. The van der Waals surface area contributed by atoms with Gasteiger partial charge in [-0.05, 0) is 42.0 Å². The highest BCUT2D eigenvalue weighted by atomic mass is 32.2. The van der Waals surface area contributed by atoms with Crippen LogP contribution < -0.4 is 15.0 Å². The van der Waals surface area contributed by atoms with Gasteiger partial charge < -0.3 is 9.26 Å². The Hall–Kier alpha value is -4.58. The van der Waals surface area contributed by atoms with Gasteiger partial charge in [0, 0.05) is 17.7 Å². The predicted molar refractivity (Wildman–Crippen MR) is 127 cm³/mol. The van der Waals surface area contributed by atoms with Gasteiger partial charge in [-0.3, -0.25) is 14.1 Å². The topological polar surface area (TPSA) is 116 Å². The van der Waals surface area contributed by atoms with E-state index in [1.54, 1.807) is 0 Å². The van der Waals surface area contributed by atoms with E-state index < -0.39 is 27.2 Å². The quantitative estimate of drug-likeness (QED) is 0.365. The number of anilines is 1. The summed E-state index contributed by atoms with van der Waals surface area (Å²) in [5.41, 5.74) is 0.424. The van der Waals surface area contributed by atoms with Crippen LogP contribution in [0.25, 0.3) is 27.8 Å². The second-order valence-corrected chi connectivity index (χ2v) is 9.27. The first-order valence-corrected chi connectivity index (χ1v) is 11.8. The molecule has 0 fully saturated rings. The number of fused-ring (bicyclic) bond motifs is 1. The molecule has 0 bridgehead atoms. The maximum Gasteiger partial charge on any atom is 0.274 e. The number of aromatic nitrogens is 3. The van der Waals surface area contributed by atoms with Gasteiger partial charge in [0.05, 0.1) is 34.9 Å². The van der Waals surface area contributed by atoms with Crippen LogP contribution in [0, 0.1) is 11.6 Å². The first-order valence-electron chi connectivity index (χ1n) is 10.4. The van der Waals surface area contributed by atoms with Crippen molar-refractivity contribution in [2.45, 2.75) is 4.90 Å². The number of methoxy groups -OCH3 is 1. The van der Waals surface area contributed by atoms with E-state index in [0.717, 1.165) is 12.3 Å². The molecule has 0 aliphatic rings. The van der Waals surface area contributed by atoms with Crippen LogP contribution in [0.2, 0.25) is 0 Å². The van der Waals surface area contributed by atoms with Gasteiger partial charge in [0.1, 0.15) is 23.6 Å². The molecule has 0 aliphatic heterocycles. The molecule has 9 nitrogen and oxygen atoms in total. The fraction of sp³-hybridized carbons (Fsp3) is 0.0417. The Morgan fingerprint density at radius 2 is 1.81 bits per heavy atom. The van der Waals surface area contributed by atoms with Gasteiger partial charge in [-0.1, -0.05) is 17.3 Å². The van der Waals surface area contributed by atoms with E-state index >= 15 is 4.39 Å². The van der Waals surface area contributed by atoms with Crippen LogP contribution in [-0.2, 0) is 10.0 Å². The molecular weight excluding hydrogens is 494 g/mol. The lowest BCUT2D eigenvalue weighted by Crippen LogP contribution is -2.20. The Morgan fingerprint density at radius 3 is 2.50 bits per heavy atom. The van der Waals surface area contributed by atoms with Crippen molar-refractivity contribution in [1.82, 2.24) is 14.7 Å². The minimum atomic E-state index is -4.03. The van der Waals surface area contributed by atoms with Gasteiger partial charge in [-0.2, -0.15) is 0 Å². The maximum atomic E-state index is 15.2. The third-order valence-electron chi connectivity index (χ3n) is 5.37. The Morgan fingerprint density at radius 1 is 1.03 bits per heavy atom. The number of hydrogen-bond donors (Lipinski definition) is 1. The molecule has 2 aromatic heterocycles. The van der Waals surface area contributed by atoms with Crippen LogP contribution in [0.5, 0.6) is 5.75 Å². The number of halogens is 2. The zero-order chi connectivity index (χ0) is 25.4. The summed E-state index contributed by atoms with van der Waals surface area (Å²) < 4.78 is 67.4. The van der Waals surface area contributed by atoms with Crippen LogP contribution in [-0.4, -0.2) is 30.2 Å². The highest BCUT2D eigenvalue weighted by Crippen LogP contribution is 2.33. The van der Waals surface area contributed by atoms with Gasteiger partial charge in [0.15, 0.2) is 5.82 Å². The molecule has 1 N–H and O–H groups in total. The standard InChI is InChI=1S/C24H16F2N4O5S/c1-34-22-11-17(14-2-4-15(25)5-3-14)18(26)12-21(22)30-20-7-6-16(10-19(20)27-13-24(30)31)36(32,33)29-23-8-9-35-28-23/h2-13H,1H3,(H,28,29). The molecule has 0 saturated carbocycles. The van der Waals surface area contributed by atoms with E-state index in [-0.39, 0.29) is 38.7 Å². The number of ether oxygens (including phenoxy) is 1. The highest BCUT2D eigenvalue weighted by Gasteiger charge is 2.20.